The van der Waals surface area contributed by atoms with Crippen molar-refractivity contribution < 1.29 is 14.2 Å². The van der Waals surface area contributed by atoms with Gasteiger partial charge in [-0.2, -0.15) is 9.78 Å². The van der Waals surface area contributed by atoms with Crippen molar-refractivity contribution in [2.24, 2.45) is 5.10 Å². The van der Waals surface area contributed by atoms with Gasteiger partial charge in [-0.05, 0) is 48.4 Å². The molecule has 0 aliphatic carbocycles. The minimum Gasteiger partial charge on any atom is -0.493 e. The van der Waals surface area contributed by atoms with Crippen LogP contribution < -0.4 is 15.9 Å². The Balaban J connectivity index is 1.72. The van der Waals surface area contributed by atoms with Crippen molar-refractivity contribution >= 4 is 40.6 Å². The third kappa shape index (κ3) is 4.56. The number of nitrogen functional groups attached to an aromatic ring is 1. The lowest BCUT2D eigenvalue weighted by atomic mass is 10.1. The van der Waals surface area contributed by atoms with Gasteiger partial charge in [-0.3, -0.25) is 4.79 Å². The third-order valence-corrected chi connectivity index (χ3v) is 5.42. The molecule has 0 radical (unpaired) electrons. The quantitative estimate of drug-likeness (QED) is 0.288. The van der Waals surface area contributed by atoms with Crippen LogP contribution in [0.25, 0.3) is 17.1 Å². The molecule has 0 aliphatic rings. The van der Waals surface area contributed by atoms with Gasteiger partial charge < -0.3 is 10.5 Å². The van der Waals surface area contributed by atoms with E-state index >= 15 is 0 Å². The van der Waals surface area contributed by atoms with Crippen molar-refractivity contribution in [3.05, 3.63) is 63.8 Å². The summed E-state index contributed by atoms with van der Waals surface area (Å²) in [5.74, 6) is 0.0325. The second kappa shape index (κ2) is 9.89. The van der Waals surface area contributed by atoms with Gasteiger partial charge in [0, 0.05) is 11.1 Å². The van der Waals surface area contributed by atoms with E-state index in [0.717, 1.165) is 5.56 Å². The molecule has 11 nitrogen and oxygen atoms in total. The maximum atomic E-state index is 13.1. The Bertz CT molecular complexity index is 1380. The lowest BCUT2D eigenvalue weighted by Crippen LogP contribution is -2.21. The number of aromatic nitrogens is 5. The molecular formula is C21H18Cl2N8O3. The minimum absolute atomic E-state index is 0.0421. The molecule has 34 heavy (non-hydrogen) atoms. The number of benzene rings is 2. The Morgan fingerprint density at radius 2 is 2.00 bits per heavy atom. The number of amides is 1. The molecule has 1 amide bonds. The van der Waals surface area contributed by atoms with Gasteiger partial charge in [-0.15, -0.1) is 5.10 Å². The predicted octanol–water partition coefficient (Wildman–Crippen LogP) is 3.76. The summed E-state index contributed by atoms with van der Waals surface area (Å²) in [4.78, 5) is 13.1. The highest BCUT2D eigenvalue weighted by molar-refractivity contribution is 6.42. The molecule has 0 saturated heterocycles. The first kappa shape index (κ1) is 23.2. The number of rotatable bonds is 7. The number of nitrogens with zero attached hydrogens (tertiary/aromatic N) is 6. The normalized spacial score (nSPS) is 11.5. The van der Waals surface area contributed by atoms with E-state index in [1.54, 1.807) is 25.1 Å². The molecule has 2 heterocycles. The standard InChI is InChI=1S/C21H18Cl2N8O3/c1-3-33-16-7-5-4-6-13(16)11(2)25-27-21(32)17-18(12-8-9-14(22)15(23)10-12)31(30-26-17)20-19(24)28-34-29-20/h4-10H,3H2,1-2H3,(H2,24,28)(H,27,32). The summed E-state index contributed by atoms with van der Waals surface area (Å²) in [6.07, 6.45) is 0. The predicted molar refractivity (Wildman–Crippen MR) is 126 cm³/mol. The first-order valence-electron chi connectivity index (χ1n) is 9.97. The topological polar surface area (TPSA) is 146 Å². The minimum atomic E-state index is -0.629. The average molecular weight is 501 g/mol. The summed E-state index contributed by atoms with van der Waals surface area (Å²) in [6.45, 7) is 4.12. The largest absolute Gasteiger partial charge is 0.493 e. The van der Waals surface area contributed by atoms with Crippen molar-refractivity contribution in [3.8, 4) is 22.8 Å². The van der Waals surface area contributed by atoms with Crippen LogP contribution in [0.1, 0.15) is 29.9 Å². The van der Waals surface area contributed by atoms with Crippen molar-refractivity contribution in [1.29, 1.82) is 0 Å². The first-order chi connectivity index (χ1) is 16.4. The van der Waals surface area contributed by atoms with E-state index in [1.807, 2.05) is 31.2 Å². The van der Waals surface area contributed by atoms with Gasteiger partial charge in [0.2, 0.25) is 11.6 Å². The fourth-order valence-electron chi connectivity index (χ4n) is 3.12. The smallest absolute Gasteiger partial charge is 0.294 e. The van der Waals surface area contributed by atoms with Crippen LogP contribution in [0.4, 0.5) is 5.82 Å². The van der Waals surface area contributed by atoms with Crippen LogP contribution >= 0.6 is 23.2 Å². The van der Waals surface area contributed by atoms with E-state index < -0.39 is 5.91 Å². The Hall–Kier alpha value is -3.96. The van der Waals surface area contributed by atoms with Crippen molar-refractivity contribution in [2.75, 3.05) is 12.3 Å². The maximum Gasteiger partial charge on any atom is 0.294 e. The zero-order valence-corrected chi connectivity index (χ0v) is 19.5. The molecule has 0 aliphatic heterocycles. The highest BCUT2D eigenvalue weighted by Gasteiger charge is 2.25. The summed E-state index contributed by atoms with van der Waals surface area (Å²) in [7, 11) is 0. The number of nitrogens with two attached hydrogens (primary N) is 1. The van der Waals surface area contributed by atoms with Crippen LogP contribution in [0.5, 0.6) is 5.75 Å². The highest BCUT2D eigenvalue weighted by atomic mass is 35.5. The molecule has 174 valence electrons. The SMILES string of the molecule is CCOc1ccccc1C(C)=NNC(=O)c1nnn(-c2nonc2N)c1-c1ccc(Cl)c(Cl)c1. The van der Waals surface area contributed by atoms with Crippen LogP contribution in [-0.4, -0.2) is 43.5 Å². The summed E-state index contributed by atoms with van der Waals surface area (Å²) < 4.78 is 11.5. The van der Waals surface area contributed by atoms with Crippen LogP contribution in [0, 0.1) is 0 Å². The molecule has 0 bridgehead atoms. The van der Waals surface area contributed by atoms with Gasteiger partial charge in [-0.1, -0.05) is 46.6 Å². The van der Waals surface area contributed by atoms with Gasteiger partial charge in [0.15, 0.2) is 5.69 Å². The second-order valence-electron chi connectivity index (χ2n) is 6.87. The molecule has 2 aromatic carbocycles. The van der Waals surface area contributed by atoms with E-state index in [1.165, 1.54) is 4.68 Å². The first-order valence-corrected chi connectivity index (χ1v) is 10.7. The zero-order chi connectivity index (χ0) is 24.2. The van der Waals surface area contributed by atoms with Crippen LogP contribution in [-0.2, 0) is 0 Å². The number of nitrogens with one attached hydrogen (secondary N) is 1. The van der Waals surface area contributed by atoms with E-state index in [2.05, 4.69) is 35.8 Å². The summed E-state index contributed by atoms with van der Waals surface area (Å²) in [6, 6.07) is 12.2. The Labute approximate surface area is 203 Å². The van der Waals surface area contributed by atoms with Gasteiger partial charge in [0.1, 0.15) is 11.4 Å². The number of anilines is 1. The number of ether oxygens (including phenoxy) is 1. The monoisotopic (exact) mass is 500 g/mol. The lowest BCUT2D eigenvalue weighted by Gasteiger charge is -2.10. The molecule has 0 spiro atoms. The Morgan fingerprint density at radius 1 is 1.21 bits per heavy atom. The van der Waals surface area contributed by atoms with Crippen LogP contribution in [0.15, 0.2) is 52.2 Å². The molecule has 3 N–H and O–H groups in total. The summed E-state index contributed by atoms with van der Waals surface area (Å²) >= 11 is 12.2. The van der Waals surface area contributed by atoms with Crippen molar-refractivity contribution in [2.45, 2.75) is 13.8 Å². The summed E-state index contributed by atoms with van der Waals surface area (Å²) in [5.41, 5.74) is 10.3. The van der Waals surface area contributed by atoms with E-state index in [4.69, 9.17) is 33.7 Å². The third-order valence-electron chi connectivity index (χ3n) is 4.68. The zero-order valence-electron chi connectivity index (χ0n) is 18.0. The average Bonchev–Trinajstić information content (AvgIpc) is 3.45. The number of carbonyl (C=O) groups is 1. The van der Waals surface area contributed by atoms with Gasteiger partial charge >= 0.3 is 0 Å². The van der Waals surface area contributed by atoms with E-state index in [0.29, 0.717) is 28.7 Å². The number of hydrogen-bond donors (Lipinski definition) is 2. The number of hydrazone groups is 1. The number of hydrogen-bond acceptors (Lipinski definition) is 9. The van der Waals surface area contributed by atoms with Crippen LogP contribution in [0.3, 0.4) is 0 Å². The molecule has 13 heteroatoms. The molecule has 0 unspecified atom stereocenters. The molecule has 0 saturated carbocycles. The Kier molecular flexibility index (Phi) is 6.75. The maximum absolute atomic E-state index is 13.1. The van der Waals surface area contributed by atoms with Crippen molar-refractivity contribution in [3.63, 3.8) is 0 Å². The molecule has 2 aromatic heterocycles. The number of para-hydroxylation sites is 1. The fraction of sp³-hybridized carbons (Fsp3) is 0.143. The molecule has 0 fully saturated rings. The fourth-order valence-corrected chi connectivity index (χ4v) is 3.42. The molecule has 0 atom stereocenters. The lowest BCUT2D eigenvalue weighted by molar-refractivity contribution is 0.0950. The number of carbonyl (C=O) groups excluding carboxylic acids is 1. The van der Waals surface area contributed by atoms with E-state index in [9.17, 15) is 4.79 Å². The molecule has 4 rings (SSSR count). The van der Waals surface area contributed by atoms with Crippen LogP contribution in [0.2, 0.25) is 10.0 Å². The van der Waals surface area contributed by atoms with Crippen molar-refractivity contribution in [1.82, 2.24) is 30.7 Å². The summed E-state index contributed by atoms with van der Waals surface area (Å²) in [5, 5.41) is 20.1. The number of halogens is 2. The highest BCUT2D eigenvalue weighted by Crippen LogP contribution is 2.31. The van der Waals surface area contributed by atoms with E-state index in [-0.39, 0.29) is 28.0 Å². The van der Waals surface area contributed by atoms with Gasteiger partial charge in [-0.25, -0.2) is 10.1 Å². The van der Waals surface area contributed by atoms with Gasteiger partial charge in [0.25, 0.3) is 5.91 Å². The molecule has 4 aromatic rings. The van der Waals surface area contributed by atoms with Gasteiger partial charge in [0.05, 0.1) is 22.4 Å². The second-order valence-corrected chi connectivity index (χ2v) is 7.68. The molecular weight excluding hydrogens is 483 g/mol. The Morgan fingerprint density at radius 3 is 2.71 bits per heavy atom.